The number of thioether (sulfide) groups is 1. The zero-order valence-electron chi connectivity index (χ0n) is 29.8. The molecule has 2 aliphatic heterocycles. The number of carboxylic acids is 1. The number of esters is 1. The second-order valence-electron chi connectivity index (χ2n) is 13.5. The van der Waals surface area contributed by atoms with Gasteiger partial charge in [0.1, 0.15) is 33.9 Å². The molecule has 3 atom stereocenters. The number of carbonyl (C=O) groups excluding carboxylic acids is 3. The smallest absolute Gasteiger partial charge is 0.352 e. The first-order chi connectivity index (χ1) is 25.8. The lowest BCUT2D eigenvalue weighted by Crippen LogP contribution is -2.71. The van der Waals surface area contributed by atoms with Crippen molar-refractivity contribution < 1.29 is 33.9 Å². The Hall–Kier alpha value is -5.18. The summed E-state index contributed by atoms with van der Waals surface area (Å²) in [4.78, 5) is 63.7. The molecule has 54 heavy (non-hydrogen) atoms. The summed E-state index contributed by atoms with van der Waals surface area (Å²) in [5.74, 6) is -3.17. The van der Waals surface area contributed by atoms with Crippen molar-refractivity contribution in [2.75, 3.05) is 16.9 Å². The minimum atomic E-state index is -1.28. The quantitative estimate of drug-likeness (QED) is 0.0368. The van der Waals surface area contributed by atoms with E-state index in [1.54, 1.807) is 26.2 Å². The van der Waals surface area contributed by atoms with Crippen LogP contribution in [0.15, 0.2) is 113 Å². The highest BCUT2D eigenvalue weighted by Gasteiger charge is 2.54. The van der Waals surface area contributed by atoms with Gasteiger partial charge in [-0.1, -0.05) is 96.2 Å². The molecule has 12 nitrogen and oxygen atoms in total. The summed E-state index contributed by atoms with van der Waals surface area (Å²) >= 11 is 8.50. The van der Waals surface area contributed by atoms with E-state index < -0.39 is 52.4 Å². The molecule has 1 aromatic heterocycles. The van der Waals surface area contributed by atoms with Crippen LogP contribution in [0.5, 0.6) is 0 Å². The number of nitrogens with one attached hydrogen (secondary N) is 2. The molecular formula is C39H38ClN5O7S2. The number of rotatable bonds is 13. The molecule has 0 unspecified atom stereocenters. The van der Waals surface area contributed by atoms with Crippen molar-refractivity contribution in [2.24, 2.45) is 5.16 Å². The summed E-state index contributed by atoms with van der Waals surface area (Å²) in [5, 5.41) is 21.7. The van der Waals surface area contributed by atoms with E-state index >= 15 is 0 Å². The van der Waals surface area contributed by atoms with Crippen molar-refractivity contribution in [3.63, 3.8) is 0 Å². The average molecular weight is 788 g/mol. The van der Waals surface area contributed by atoms with E-state index in [9.17, 15) is 24.3 Å². The van der Waals surface area contributed by atoms with Crippen LogP contribution in [0.2, 0.25) is 0 Å². The van der Waals surface area contributed by atoms with Gasteiger partial charge in [0.25, 0.3) is 11.8 Å². The highest BCUT2D eigenvalue weighted by atomic mass is 35.5. The van der Waals surface area contributed by atoms with E-state index in [1.807, 2.05) is 91.0 Å². The number of oxime groups is 1. The molecule has 0 spiro atoms. The molecule has 0 saturated carbocycles. The summed E-state index contributed by atoms with van der Waals surface area (Å²) in [6.07, 6.45) is -1.20. The highest BCUT2D eigenvalue weighted by molar-refractivity contribution is 8.00. The average Bonchev–Trinajstić information content (AvgIpc) is 3.63. The number of thiazole rings is 1. The predicted molar refractivity (Wildman–Crippen MR) is 208 cm³/mol. The molecule has 6 rings (SSSR count). The van der Waals surface area contributed by atoms with Crippen molar-refractivity contribution in [2.45, 2.75) is 56.4 Å². The first kappa shape index (κ1) is 38.5. The minimum Gasteiger partial charge on any atom is -0.477 e. The lowest BCUT2D eigenvalue weighted by atomic mass is 9.77. The Morgan fingerprint density at radius 3 is 2.04 bits per heavy atom. The molecule has 280 valence electrons. The molecule has 15 heteroatoms. The SMILES string of the molecule is C[C@H](O/N=C(\C(=O)N[C@@H]1C(=O)N2C(C(=O)O)=C(CCl)CS[C@@H]12)c1csc(NC(c2ccccc2)(c2ccccc2)c2ccccc2)n1)C(=O)OC(C)(C)C. The van der Waals surface area contributed by atoms with E-state index in [2.05, 4.69) is 15.8 Å². The molecule has 1 saturated heterocycles. The number of halogens is 1. The number of alkyl halides is 1. The van der Waals surface area contributed by atoms with E-state index in [0.29, 0.717) is 10.7 Å². The van der Waals surface area contributed by atoms with E-state index in [0.717, 1.165) is 21.6 Å². The topological polar surface area (TPSA) is 160 Å². The predicted octanol–water partition coefficient (Wildman–Crippen LogP) is 5.98. The van der Waals surface area contributed by atoms with Crippen LogP contribution in [0.3, 0.4) is 0 Å². The van der Waals surface area contributed by atoms with Gasteiger partial charge < -0.3 is 25.3 Å². The standard InChI is InChI=1S/C39H38ClN5O7S2/c1-23(36(50)51-38(2,3)4)52-44-29(32(46)42-30-33(47)45-31(35(48)49)24(20-40)21-53-34(30)45)28-22-54-37(41-28)43-39(25-14-8-5-9-15-25,26-16-10-6-11-17-26)27-18-12-7-13-19-27/h5-19,22-23,30,34H,20-21H2,1-4H3,(H,41,43)(H,42,46)(H,48,49)/b44-29-/t23-,30+,34-/m0/s1. The van der Waals surface area contributed by atoms with Crippen LogP contribution in [-0.2, 0) is 34.3 Å². The zero-order chi connectivity index (χ0) is 38.6. The van der Waals surface area contributed by atoms with Gasteiger partial charge in [-0.15, -0.1) is 34.7 Å². The Bertz CT molecular complexity index is 1990. The largest absolute Gasteiger partial charge is 0.477 e. The number of amides is 2. The maximum absolute atomic E-state index is 14.0. The Morgan fingerprint density at radius 2 is 1.54 bits per heavy atom. The van der Waals surface area contributed by atoms with Gasteiger partial charge in [0.15, 0.2) is 10.8 Å². The lowest BCUT2D eigenvalue weighted by Gasteiger charge is -2.49. The Morgan fingerprint density at radius 1 is 0.981 bits per heavy atom. The maximum atomic E-state index is 14.0. The molecular weight excluding hydrogens is 750 g/mol. The number of anilines is 1. The van der Waals surface area contributed by atoms with Crippen LogP contribution in [0.1, 0.15) is 50.1 Å². The van der Waals surface area contributed by atoms with E-state index in [1.165, 1.54) is 30.0 Å². The van der Waals surface area contributed by atoms with Gasteiger partial charge >= 0.3 is 11.9 Å². The fourth-order valence-corrected chi connectivity index (χ4v) is 8.57. The highest BCUT2D eigenvalue weighted by Crippen LogP contribution is 2.42. The monoisotopic (exact) mass is 787 g/mol. The first-order valence-corrected chi connectivity index (χ1v) is 19.4. The van der Waals surface area contributed by atoms with Gasteiger partial charge in [-0.25, -0.2) is 14.6 Å². The van der Waals surface area contributed by atoms with Crippen LogP contribution in [-0.4, -0.2) is 79.2 Å². The molecule has 0 bridgehead atoms. The maximum Gasteiger partial charge on any atom is 0.352 e. The van der Waals surface area contributed by atoms with Gasteiger partial charge in [0.05, 0.1) is 0 Å². The molecule has 3 N–H and O–H groups in total. The van der Waals surface area contributed by atoms with E-state index in [-0.39, 0.29) is 28.7 Å². The molecule has 0 radical (unpaired) electrons. The number of hydrogen-bond acceptors (Lipinski definition) is 11. The zero-order valence-corrected chi connectivity index (χ0v) is 32.2. The summed E-state index contributed by atoms with van der Waals surface area (Å²) in [6, 6.07) is 28.7. The normalized spacial score (nSPS) is 17.9. The van der Waals surface area contributed by atoms with E-state index in [4.69, 9.17) is 26.2 Å². The molecule has 0 aliphatic carbocycles. The van der Waals surface area contributed by atoms with Crippen molar-refractivity contribution in [1.29, 1.82) is 0 Å². The van der Waals surface area contributed by atoms with Crippen molar-refractivity contribution in [1.82, 2.24) is 15.2 Å². The summed E-state index contributed by atoms with van der Waals surface area (Å²) in [5.41, 5.74) is 1.13. The summed E-state index contributed by atoms with van der Waals surface area (Å²) in [7, 11) is 0. The Labute approximate surface area is 325 Å². The van der Waals surface area contributed by atoms with Crippen LogP contribution in [0.25, 0.3) is 0 Å². The van der Waals surface area contributed by atoms with Crippen LogP contribution >= 0.6 is 34.7 Å². The molecule has 3 heterocycles. The van der Waals surface area contributed by atoms with Gasteiger partial charge in [-0.3, -0.25) is 14.5 Å². The van der Waals surface area contributed by atoms with Gasteiger partial charge in [-0.2, -0.15) is 0 Å². The number of benzene rings is 3. The Kier molecular flexibility index (Phi) is 11.5. The van der Waals surface area contributed by atoms with Crippen LogP contribution in [0.4, 0.5) is 5.13 Å². The van der Waals surface area contributed by atoms with Crippen molar-refractivity contribution in [3.8, 4) is 0 Å². The third-order valence-electron chi connectivity index (χ3n) is 8.62. The molecule has 2 amide bonds. The third-order valence-corrected chi connectivity index (χ3v) is 11.0. The number of hydrogen-bond donors (Lipinski definition) is 3. The number of aromatic nitrogens is 1. The number of fused-ring (bicyclic) bond motifs is 1. The second kappa shape index (κ2) is 16.0. The number of ether oxygens (including phenoxy) is 1. The Balaban J connectivity index is 1.35. The minimum absolute atomic E-state index is 0.0492. The van der Waals surface area contributed by atoms with Crippen molar-refractivity contribution >= 4 is 69.3 Å². The number of nitrogens with zero attached hydrogens (tertiary/aromatic N) is 3. The third kappa shape index (κ3) is 7.86. The number of carbonyl (C=O) groups is 4. The van der Waals surface area contributed by atoms with Gasteiger partial charge in [0.2, 0.25) is 6.10 Å². The number of carboxylic acid groups (broad SMARTS) is 1. The van der Waals surface area contributed by atoms with Crippen molar-refractivity contribution in [3.05, 3.63) is 130 Å². The van der Waals surface area contributed by atoms with Crippen LogP contribution < -0.4 is 10.6 Å². The number of aliphatic carboxylic acids is 1. The first-order valence-electron chi connectivity index (χ1n) is 17.0. The molecule has 4 aromatic rings. The van der Waals surface area contributed by atoms with Gasteiger partial charge in [-0.05, 0) is 50.0 Å². The molecule has 1 fully saturated rings. The summed E-state index contributed by atoms with van der Waals surface area (Å²) in [6.45, 7) is 6.59. The molecule has 3 aromatic carbocycles. The summed E-state index contributed by atoms with van der Waals surface area (Å²) < 4.78 is 5.42. The fourth-order valence-electron chi connectivity index (χ4n) is 6.14. The number of β-lactam (4-membered cyclic amide) rings is 1. The molecule has 2 aliphatic rings. The fraction of sp³-hybridized carbons (Fsp3) is 0.282. The lowest BCUT2D eigenvalue weighted by molar-refractivity contribution is -0.167. The second-order valence-corrected chi connectivity index (χ2v) is 15.7. The van der Waals surface area contributed by atoms with Crippen LogP contribution in [0, 0.1) is 0 Å². The van der Waals surface area contributed by atoms with Gasteiger partial charge in [0, 0.05) is 17.0 Å².